The first-order valence-electron chi connectivity index (χ1n) is 7.13. The number of para-hydroxylation sites is 3. The lowest BCUT2D eigenvalue weighted by molar-refractivity contribution is 0.449. The second kappa shape index (κ2) is 5.73. The highest BCUT2D eigenvalue weighted by atomic mass is 32.1. The largest absolute Gasteiger partial charge is 0.492 e. The van der Waals surface area contributed by atoms with Crippen molar-refractivity contribution in [1.82, 2.24) is 9.97 Å². The molecule has 0 radical (unpaired) electrons. The fraction of sp³-hybridized carbons (Fsp3) is 0.0588. The molecular weight excluding hydrogens is 310 g/mol. The van der Waals surface area contributed by atoms with Crippen molar-refractivity contribution in [1.29, 1.82) is 0 Å². The lowest BCUT2D eigenvalue weighted by atomic mass is 10.3. The molecule has 2 aromatic carbocycles. The second-order valence-corrected chi connectivity index (χ2v) is 6.09. The molecule has 0 fully saturated rings. The average Bonchev–Trinajstić information content (AvgIpc) is 3.11. The van der Waals surface area contributed by atoms with Gasteiger partial charge in [-0.25, -0.2) is 4.98 Å². The van der Waals surface area contributed by atoms with E-state index in [-0.39, 0.29) is 5.88 Å². The molecule has 0 unspecified atom stereocenters. The number of nitrogens with zero attached hydrogens (tertiary/aromatic N) is 2. The summed E-state index contributed by atoms with van der Waals surface area (Å²) >= 11 is 1.39. The minimum atomic E-state index is 0.00990. The summed E-state index contributed by atoms with van der Waals surface area (Å²) in [5, 5.41) is 13.8. The molecule has 0 aliphatic rings. The molecule has 0 spiro atoms. The van der Waals surface area contributed by atoms with E-state index < -0.39 is 0 Å². The molecule has 0 aliphatic heterocycles. The zero-order chi connectivity index (χ0) is 15.6. The van der Waals surface area contributed by atoms with Gasteiger partial charge in [0.1, 0.15) is 5.52 Å². The maximum atomic E-state index is 10.0. The number of hydrogen-bond donors (Lipinski definition) is 2. The van der Waals surface area contributed by atoms with Crippen LogP contribution in [0.2, 0.25) is 0 Å². The Bertz CT molecular complexity index is 914. The number of rotatable bonds is 4. The molecule has 23 heavy (non-hydrogen) atoms. The third-order valence-corrected chi connectivity index (χ3v) is 4.31. The molecule has 2 aromatic heterocycles. The lowest BCUT2D eigenvalue weighted by Gasteiger charge is -1.99. The predicted octanol–water partition coefficient (Wildman–Crippen LogP) is 4.32. The van der Waals surface area contributed by atoms with Gasteiger partial charge in [0.15, 0.2) is 10.7 Å². The van der Waals surface area contributed by atoms with E-state index >= 15 is 0 Å². The normalized spacial score (nSPS) is 11.0. The maximum absolute atomic E-state index is 10.0. The van der Waals surface area contributed by atoms with Gasteiger partial charge in [0.2, 0.25) is 11.8 Å². The number of benzene rings is 2. The van der Waals surface area contributed by atoms with E-state index in [1.807, 2.05) is 54.6 Å². The van der Waals surface area contributed by atoms with Crippen LogP contribution >= 0.6 is 11.3 Å². The Hall–Kier alpha value is -2.86. The van der Waals surface area contributed by atoms with Gasteiger partial charge >= 0.3 is 0 Å². The molecular formula is C17H13N3O2S. The van der Waals surface area contributed by atoms with Gasteiger partial charge in [-0.1, -0.05) is 41.7 Å². The van der Waals surface area contributed by atoms with Gasteiger partial charge in [-0.2, -0.15) is 4.98 Å². The zero-order valence-electron chi connectivity index (χ0n) is 12.1. The van der Waals surface area contributed by atoms with Crippen molar-refractivity contribution in [3.63, 3.8) is 0 Å². The number of aromatic nitrogens is 2. The van der Waals surface area contributed by atoms with Crippen molar-refractivity contribution >= 4 is 33.3 Å². The molecule has 0 bridgehead atoms. The molecule has 0 saturated carbocycles. The van der Waals surface area contributed by atoms with Gasteiger partial charge in [0.25, 0.3) is 0 Å². The molecule has 0 amide bonds. The average molecular weight is 323 g/mol. The first-order valence-corrected chi connectivity index (χ1v) is 7.95. The Kier molecular flexibility index (Phi) is 3.44. The summed E-state index contributed by atoms with van der Waals surface area (Å²) < 4.78 is 5.69. The van der Waals surface area contributed by atoms with Gasteiger partial charge in [0.05, 0.1) is 11.3 Å². The fourth-order valence-electron chi connectivity index (χ4n) is 2.29. The number of hydrogen-bond acceptors (Lipinski definition) is 6. The smallest absolute Gasteiger partial charge is 0.227 e. The van der Waals surface area contributed by atoms with Crippen LogP contribution in [0.5, 0.6) is 5.88 Å². The van der Waals surface area contributed by atoms with Gasteiger partial charge in [-0.05, 0) is 24.3 Å². The zero-order valence-corrected chi connectivity index (χ0v) is 12.9. The third-order valence-electron chi connectivity index (χ3n) is 3.35. The monoisotopic (exact) mass is 323 g/mol. The van der Waals surface area contributed by atoms with E-state index in [0.717, 1.165) is 21.7 Å². The maximum Gasteiger partial charge on any atom is 0.227 e. The summed E-state index contributed by atoms with van der Waals surface area (Å²) in [7, 11) is 0. The summed E-state index contributed by atoms with van der Waals surface area (Å²) in [6, 6.07) is 17.3. The van der Waals surface area contributed by atoms with Crippen LogP contribution < -0.4 is 5.32 Å². The number of aromatic hydroxyl groups is 1. The fourth-order valence-corrected chi connectivity index (χ4v) is 3.16. The Balaban J connectivity index is 1.57. The number of oxazole rings is 1. The first-order chi connectivity index (χ1) is 11.3. The van der Waals surface area contributed by atoms with Crippen LogP contribution in [0.1, 0.15) is 10.8 Å². The summed E-state index contributed by atoms with van der Waals surface area (Å²) in [5.74, 6) is 0.576. The van der Waals surface area contributed by atoms with E-state index in [1.54, 1.807) is 0 Å². The summed E-state index contributed by atoms with van der Waals surface area (Å²) in [5.41, 5.74) is 2.48. The lowest BCUT2D eigenvalue weighted by Crippen LogP contribution is -1.87. The van der Waals surface area contributed by atoms with Crippen LogP contribution in [0.4, 0.5) is 10.8 Å². The molecule has 4 aromatic rings. The minimum Gasteiger partial charge on any atom is -0.492 e. The van der Waals surface area contributed by atoms with E-state index in [4.69, 9.17) is 4.42 Å². The van der Waals surface area contributed by atoms with Gasteiger partial charge in [0, 0.05) is 5.69 Å². The van der Waals surface area contributed by atoms with Crippen molar-refractivity contribution in [2.45, 2.75) is 6.42 Å². The summed E-state index contributed by atoms with van der Waals surface area (Å²) in [6.45, 7) is 0. The molecule has 5 nitrogen and oxygen atoms in total. The van der Waals surface area contributed by atoms with E-state index in [1.165, 1.54) is 11.3 Å². The SMILES string of the molecule is Oc1nc(Nc2ccccc2)sc1Cc1nc2ccccc2o1. The first kappa shape index (κ1) is 13.8. The number of fused-ring (bicyclic) bond motifs is 1. The second-order valence-electron chi connectivity index (χ2n) is 5.01. The molecule has 6 heteroatoms. The number of anilines is 2. The highest BCUT2D eigenvalue weighted by Gasteiger charge is 2.14. The van der Waals surface area contributed by atoms with Crippen LogP contribution in [0.25, 0.3) is 11.1 Å². The standard InChI is InChI=1S/C17H13N3O2S/c21-16-14(10-15-19-12-8-4-5-9-13(12)22-15)23-17(20-16)18-11-6-2-1-3-7-11/h1-9,21H,10H2,(H,18,20). The molecule has 0 aliphatic carbocycles. The molecule has 4 rings (SSSR count). The quantitative estimate of drug-likeness (QED) is 0.585. The van der Waals surface area contributed by atoms with Crippen molar-refractivity contribution in [3.8, 4) is 5.88 Å². The van der Waals surface area contributed by atoms with E-state index in [9.17, 15) is 5.11 Å². The van der Waals surface area contributed by atoms with Gasteiger partial charge in [-0.3, -0.25) is 0 Å². The molecule has 114 valence electrons. The van der Waals surface area contributed by atoms with Crippen LogP contribution in [-0.2, 0) is 6.42 Å². The number of nitrogens with one attached hydrogen (secondary N) is 1. The summed E-state index contributed by atoms with van der Waals surface area (Å²) in [6.07, 6.45) is 0.411. The molecule has 0 atom stereocenters. The minimum absolute atomic E-state index is 0.00990. The van der Waals surface area contributed by atoms with Crippen LogP contribution in [0.15, 0.2) is 59.0 Å². The Labute approximate surface area is 136 Å². The highest BCUT2D eigenvalue weighted by Crippen LogP contribution is 2.32. The van der Waals surface area contributed by atoms with Crippen LogP contribution in [0.3, 0.4) is 0 Å². The van der Waals surface area contributed by atoms with E-state index in [2.05, 4.69) is 15.3 Å². The predicted molar refractivity (Wildman–Crippen MR) is 90.3 cm³/mol. The van der Waals surface area contributed by atoms with Crippen molar-refractivity contribution in [3.05, 3.63) is 65.4 Å². The van der Waals surface area contributed by atoms with Crippen molar-refractivity contribution < 1.29 is 9.52 Å². The third kappa shape index (κ3) is 2.89. The van der Waals surface area contributed by atoms with Crippen molar-refractivity contribution in [2.24, 2.45) is 0 Å². The van der Waals surface area contributed by atoms with E-state index in [0.29, 0.717) is 17.4 Å². The Morgan fingerprint density at radius 2 is 1.78 bits per heavy atom. The highest BCUT2D eigenvalue weighted by molar-refractivity contribution is 7.16. The van der Waals surface area contributed by atoms with Gasteiger partial charge in [-0.15, -0.1) is 0 Å². The Morgan fingerprint density at radius 1 is 1.00 bits per heavy atom. The molecule has 2 N–H and O–H groups in total. The summed E-state index contributed by atoms with van der Waals surface area (Å²) in [4.78, 5) is 9.29. The molecule has 2 heterocycles. The van der Waals surface area contributed by atoms with Crippen LogP contribution in [-0.4, -0.2) is 15.1 Å². The van der Waals surface area contributed by atoms with Crippen LogP contribution in [0, 0.1) is 0 Å². The van der Waals surface area contributed by atoms with Gasteiger partial charge < -0.3 is 14.8 Å². The topological polar surface area (TPSA) is 71.2 Å². The van der Waals surface area contributed by atoms with Crippen molar-refractivity contribution in [2.75, 3.05) is 5.32 Å². The molecule has 0 saturated heterocycles. The Morgan fingerprint density at radius 3 is 2.61 bits per heavy atom. The number of thiazole rings is 1.